The van der Waals surface area contributed by atoms with Gasteiger partial charge in [-0.3, -0.25) is 0 Å². The first-order valence-electron chi connectivity index (χ1n) is 4.84. The van der Waals surface area contributed by atoms with E-state index >= 15 is 0 Å². The van der Waals surface area contributed by atoms with Crippen LogP contribution in [0.1, 0.15) is 18.0 Å². The first-order chi connectivity index (χ1) is 6.84. The van der Waals surface area contributed by atoms with Gasteiger partial charge in [-0.05, 0) is 36.7 Å². The second-order valence-corrected chi connectivity index (χ2v) is 3.73. The first-order valence-corrected chi connectivity index (χ1v) is 4.84. The number of aromatic nitrogens is 1. The molecule has 2 nitrogen and oxygen atoms in total. The summed E-state index contributed by atoms with van der Waals surface area (Å²) in [7, 11) is 0. The molecule has 1 aliphatic heterocycles. The quantitative estimate of drug-likeness (QED) is 0.709. The van der Waals surface area contributed by atoms with E-state index in [4.69, 9.17) is 0 Å². The highest BCUT2D eigenvalue weighted by molar-refractivity contribution is 5.83. The zero-order chi connectivity index (χ0) is 9.54. The lowest BCUT2D eigenvalue weighted by Gasteiger charge is -2.27. The lowest BCUT2D eigenvalue weighted by molar-refractivity contribution is 0.385. The van der Waals surface area contributed by atoms with E-state index in [-0.39, 0.29) is 5.82 Å². The summed E-state index contributed by atoms with van der Waals surface area (Å²) in [4.78, 5) is 3.16. The average molecular weight is 190 g/mol. The highest BCUT2D eigenvalue weighted by Gasteiger charge is 2.21. The SMILES string of the molecule is Fc1ccc2[nH]cc([C@@H]3CCN3)c2c1. The molecule has 0 amide bonds. The van der Waals surface area contributed by atoms with Crippen LogP contribution < -0.4 is 5.32 Å². The van der Waals surface area contributed by atoms with Crippen LogP contribution in [0.25, 0.3) is 10.9 Å². The molecule has 72 valence electrons. The maximum absolute atomic E-state index is 13.0. The molecule has 0 saturated carbocycles. The largest absolute Gasteiger partial charge is 0.361 e. The number of hydrogen-bond acceptors (Lipinski definition) is 1. The molecule has 1 atom stereocenters. The number of nitrogens with one attached hydrogen (secondary N) is 2. The molecule has 2 heterocycles. The van der Waals surface area contributed by atoms with Gasteiger partial charge in [0.2, 0.25) is 0 Å². The zero-order valence-electron chi connectivity index (χ0n) is 7.68. The first kappa shape index (κ1) is 8.00. The topological polar surface area (TPSA) is 27.8 Å². The van der Waals surface area contributed by atoms with Crippen LogP contribution in [0.15, 0.2) is 24.4 Å². The van der Waals surface area contributed by atoms with Crippen molar-refractivity contribution >= 4 is 10.9 Å². The number of rotatable bonds is 1. The summed E-state index contributed by atoms with van der Waals surface area (Å²) in [5.41, 5.74) is 2.20. The van der Waals surface area contributed by atoms with Gasteiger partial charge in [0.05, 0.1) is 0 Å². The number of H-pyrrole nitrogens is 1. The highest BCUT2D eigenvalue weighted by Crippen LogP contribution is 2.29. The molecule has 0 radical (unpaired) electrons. The molecule has 2 aromatic rings. The minimum absolute atomic E-state index is 0.169. The maximum atomic E-state index is 13.0. The van der Waals surface area contributed by atoms with Gasteiger partial charge in [-0.25, -0.2) is 4.39 Å². The van der Waals surface area contributed by atoms with Gasteiger partial charge in [-0.15, -0.1) is 0 Å². The molecule has 1 fully saturated rings. The maximum Gasteiger partial charge on any atom is 0.123 e. The van der Waals surface area contributed by atoms with Crippen LogP contribution in [0.3, 0.4) is 0 Å². The lowest BCUT2D eigenvalue weighted by Crippen LogP contribution is -2.34. The molecule has 0 bridgehead atoms. The lowest BCUT2D eigenvalue weighted by atomic mass is 9.98. The molecule has 1 aromatic heterocycles. The van der Waals surface area contributed by atoms with E-state index in [1.165, 1.54) is 11.6 Å². The fourth-order valence-corrected chi connectivity index (χ4v) is 1.96. The Morgan fingerprint density at radius 2 is 2.21 bits per heavy atom. The number of halogens is 1. The van der Waals surface area contributed by atoms with Crippen molar-refractivity contribution < 1.29 is 4.39 Å². The van der Waals surface area contributed by atoms with Crippen molar-refractivity contribution in [1.29, 1.82) is 0 Å². The van der Waals surface area contributed by atoms with E-state index in [9.17, 15) is 4.39 Å². The van der Waals surface area contributed by atoms with Gasteiger partial charge in [0.1, 0.15) is 5.82 Å². The van der Waals surface area contributed by atoms with Crippen LogP contribution in [0.4, 0.5) is 4.39 Å². The molecule has 1 aromatic carbocycles. The van der Waals surface area contributed by atoms with Gasteiger partial charge >= 0.3 is 0 Å². The molecule has 3 heteroatoms. The zero-order valence-corrected chi connectivity index (χ0v) is 7.68. The average Bonchev–Trinajstić information content (AvgIpc) is 2.46. The van der Waals surface area contributed by atoms with Gasteiger partial charge < -0.3 is 10.3 Å². The number of aromatic amines is 1. The van der Waals surface area contributed by atoms with E-state index in [0.29, 0.717) is 6.04 Å². The number of benzene rings is 1. The normalized spacial score (nSPS) is 21.1. The van der Waals surface area contributed by atoms with E-state index in [1.54, 1.807) is 12.1 Å². The second kappa shape index (κ2) is 2.82. The molecule has 0 unspecified atom stereocenters. The third-order valence-electron chi connectivity index (χ3n) is 2.87. The highest BCUT2D eigenvalue weighted by atomic mass is 19.1. The summed E-state index contributed by atoms with van der Waals surface area (Å²) in [6.07, 6.45) is 3.12. The van der Waals surface area contributed by atoms with Gasteiger partial charge in [-0.1, -0.05) is 0 Å². The van der Waals surface area contributed by atoms with Gasteiger partial charge in [0.25, 0.3) is 0 Å². The van der Waals surface area contributed by atoms with Crippen molar-refractivity contribution in [2.24, 2.45) is 0 Å². The summed E-state index contributed by atoms with van der Waals surface area (Å²) in [5, 5.41) is 4.32. The van der Waals surface area contributed by atoms with E-state index in [0.717, 1.165) is 23.9 Å². The van der Waals surface area contributed by atoms with Crippen LogP contribution in [0.5, 0.6) is 0 Å². The third-order valence-corrected chi connectivity index (χ3v) is 2.87. The summed E-state index contributed by atoms with van der Waals surface area (Å²) in [5.74, 6) is -0.169. The number of hydrogen-bond donors (Lipinski definition) is 2. The molecule has 0 aliphatic carbocycles. The molecule has 1 aliphatic rings. The van der Waals surface area contributed by atoms with Crippen molar-refractivity contribution in [2.45, 2.75) is 12.5 Å². The Kier molecular flexibility index (Phi) is 1.61. The van der Waals surface area contributed by atoms with E-state index < -0.39 is 0 Å². The summed E-state index contributed by atoms with van der Waals surface area (Å²) in [6.45, 7) is 1.06. The monoisotopic (exact) mass is 190 g/mol. The number of fused-ring (bicyclic) bond motifs is 1. The standard InChI is InChI=1S/C11H11FN2/c12-7-1-2-10-8(5-7)9(6-14-10)11-3-4-13-11/h1-2,5-6,11,13-14H,3-4H2/t11-/m0/s1. The minimum Gasteiger partial charge on any atom is -0.361 e. The van der Waals surface area contributed by atoms with Crippen LogP contribution in [0, 0.1) is 5.82 Å². The van der Waals surface area contributed by atoms with Crippen LogP contribution in [0.2, 0.25) is 0 Å². The molecule has 2 N–H and O–H groups in total. The van der Waals surface area contributed by atoms with Gasteiger partial charge in [0.15, 0.2) is 0 Å². The summed E-state index contributed by atoms with van der Waals surface area (Å²) >= 11 is 0. The Labute approximate surface area is 81.1 Å². The smallest absolute Gasteiger partial charge is 0.123 e. The van der Waals surface area contributed by atoms with Crippen molar-refractivity contribution in [1.82, 2.24) is 10.3 Å². The molecule has 3 rings (SSSR count). The third kappa shape index (κ3) is 1.06. The molecule has 14 heavy (non-hydrogen) atoms. The Balaban J connectivity index is 2.18. The van der Waals surface area contributed by atoms with Crippen LogP contribution >= 0.6 is 0 Å². The molecule has 0 spiro atoms. The van der Waals surface area contributed by atoms with Gasteiger partial charge in [-0.2, -0.15) is 0 Å². The van der Waals surface area contributed by atoms with Crippen molar-refractivity contribution in [2.75, 3.05) is 6.54 Å². The van der Waals surface area contributed by atoms with Crippen molar-refractivity contribution in [3.63, 3.8) is 0 Å². The van der Waals surface area contributed by atoms with Gasteiger partial charge in [0, 0.05) is 23.1 Å². The van der Waals surface area contributed by atoms with Crippen LogP contribution in [-0.2, 0) is 0 Å². The predicted octanol–water partition coefficient (Wildman–Crippen LogP) is 2.34. The van der Waals surface area contributed by atoms with Crippen molar-refractivity contribution in [3.8, 4) is 0 Å². The summed E-state index contributed by atoms with van der Waals surface area (Å²) in [6, 6.07) is 5.27. The predicted molar refractivity (Wildman–Crippen MR) is 53.6 cm³/mol. The molecular weight excluding hydrogens is 179 g/mol. The fraction of sp³-hybridized carbons (Fsp3) is 0.273. The Bertz CT molecular complexity index is 471. The Morgan fingerprint density at radius 1 is 1.36 bits per heavy atom. The van der Waals surface area contributed by atoms with Crippen molar-refractivity contribution in [3.05, 3.63) is 35.8 Å². The van der Waals surface area contributed by atoms with Crippen LogP contribution in [-0.4, -0.2) is 11.5 Å². The summed E-state index contributed by atoms with van der Waals surface area (Å²) < 4.78 is 13.0. The molecular formula is C11H11FN2. The Hall–Kier alpha value is -1.35. The Morgan fingerprint density at radius 3 is 2.93 bits per heavy atom. The second-order valence-electron chi connectivity index (χ2n) is 3.73. The fourth-order valence-electron chi connectivity index (χ4n) is 1.96. The van der Waals surface area contributed by atoms with E-state index in [1.807, 2.05) is 6.20 Å². The minimum atomic E-state index is -0.169. The molecule has 1 saturated heterocycles. The van der Waals surface area contributed by atoms with E-state index in [2.05, 4.69) is 10.3 Å².